The van der Waals surface area contributed by atoms with Gasteiger partial charge >= 0.3 is 5.97 Å². The van der Waals surface area contributed by atoms with Gasteiger partial charge in [-0.2, -0.15) is 17.4 Å². The number of hydrogen-bond acceptors (Lipinski definition) is 3. The lowest BCUT2D eigenvalue weighted by Crippen LogP contribution is -2.48. The summed E-state index contributed by atoms with van der Waals surface area (Å²) in [6, 6.07) is 7.76. The van der Waals surface area contributed by atoms with Crippen molar-refractivity contribution in [3.63, 3.8) is 0 Å². The van der Waals surface area contributed by atoms with Gasteiger partial charge in [0.2, 0.25) is 0 Å². The van der Waals surface area contributed by atoms with E-state index in [-0.39, 0.29) is 6.42 Å². The van der Waals surface area contributed by atoms with Gasteiger partial charge in [-0.15, -0.1) is 0 Å². The molecule has 2 N–H and O–H groups in total. The molecule has 0 aliphatic rings. The van der Waals surface area contributed by atoms with Crippen LogP contribution in [0, 0.1) is 0 Å². The van der Waals surface area contributed by atoms with Crippen LogP contribution >= 0.6 is 0 Å². The van der Waals surface area contributed by atoms with Crippen molar-refractivity contribution in [3.8, 4) is 0 Å². The average Bonchev–Trinajstić information content (AvgIpc) is 2.44. The van der Waals surface area contributed by atoms with Gasteiger partial charge in [0.25, 0.3) is 10.2 Å². The Morgan fingerprint density at radius 2 is 1.95 bits per heavy atom. The second-order valence-corrected chi connectivity index (χ2v) is 6.69. The van der Waals surface area contributed by atoms with Crippen LogP contribution in [0.15, 0.2) is 30.3 Å². The molecular weight excluding hydrogens is 292 g/mol. The number of benzene rings is 1. The number of carboxylic acid groups (broad SMARTS) is 1. The summed E-state index contributed by atoms with van der Waals surface area (Å²) in [4.78, 5) is 11.3. The molecule has 0 saturated carbocycles. The molecule has 0 amide bonds. The minimum absolute atomic E-state index is 0.108. The molecule has 1 aromatic rings. The largest absolute Gasteiger partial charge is 0.480 e. The van der Waals surface area contributed by atoms with Gasteiger partial charge < -0.3 is 5.11 Å². The molecule has 118 valence electrons. The molecule has 0 heterocycles. The lowest BCUT2D eigenvalue weighted by atomic mass is 10.1. The fraction of sp³-hybridized carbons (Fsp3) is 0.500. The van der Waals surface area contributed by atoms with E-state index in [0.29, 0.717) is 6.54 Å². The van der Waals surface area contributed by atoms with E-state index >= 15 is 0 Å². The lowest BCUT2D eigenvalue weighted by Gasteiger charge is -2.21. The highest BCUT2D eigenvalue weighted by atomic mass is 32.2. The normalized spacial score (nSPS) is 13.3. The van der Waals surface area contributed by atoms with Crippen molar-refractivity contribution in [1.29, 1.82) is 0 Å². The number of carboxylic acids is 1. The molecule has 7 heteroatoms. The van der Waals surface area contributed by atoms with Crippen LogP contribution in [0.5, 0.6) is 0 Å². The Kier molecular flexibility index (Phi) is 6.80. The molecule has 1 atom stereocenters. The molecule has 0 radical (unpaired) electrons. The van der Waals surface area contributed by atoms with Crippen molar-refractivity contribution in [1.82, 2.24) is 9.03 Å². The van der Waals surface area contributed by atoms with Crippen LogP contribution in [-0.4, -0.2) is 43.4 Å². The van der Waals surface area contributed by atoms with Gasteiger partial charge in [0, 0.05) is 13.6 Å². The molecule has 0 bridgehead atoms. The molecule has 0 aliphatic carbocycles. The molecule has 1 unspecified atom stereocenters. The van der Waals surface area contributed by atoms with Gasteiger partial charge in [-0.1, -0.05) is 43.7 Å². The maximum Gasteiger partial charge on any atom is 0.322 e. The molecule has 21 heavy (non-hydrogen) atoms. The summed E-state index contributed by atoms with van der Waals surface area (Å²) in [7, 11) is -2.35. The van der Waals surface area contributed by atoms with E-state index < -0.39 is 22.2 Å². The zero-order valence-corrected chi connectivity index (χ0v) is 13.1. The highest BCUT2D eigenvalue weighted by molar-refractivity contribution is 7.87. The number of unbranched alkanes of at least 4 members (excludes halogenated alkanes) is 1. The van der Waals surface area contributed by atoms with Crippen LogP contribution in [0.1, 0.15) is 25.3 Å². The maximum absolute atomic E-state index is 12.1. The summed E-state index contributed by atoms with van der Waals surface area (Å²) in [5, 5.41) is 9.21. The first kappa shape index (κ1) is 17.6. The van der Waals surface area contributed by atoms with Crippen LogP contribution in [-0.2, 0) is 21.4 Å². The molecule has 1 aromatic carbocycles. The third-order valence-corrected chi connectivity index (χ3v) is 4.69. The fourth-order valence-corrected chi connectivity index (χ4v) is 2.89. The molecule has 0 spiro atoms. The Balaban J connectivity index is 2.76. The van der Waals surface area contributed by atoms with E-state index in [2.05, 4.69) is 4.72 Å². The first-order chi connectivity index (χ1) is 9.86. The third kappa shape index (κ3) is 5.82. The molecule has 1 rings (SSSR count). The standard InChI is InChI=1S/C14H22N2O4S/c1-3-4-10-16(2)21(19,20)15-13(14(17)18)11-12-8-6-5-7-9-12/h5-9,13,15H,3-4,10-11H2,1-2H3,(H,17,18). The summed E-state index contributed by atoms with van der Waals surface area (Å²) < 4.78 is 27.6. The number of rotatable bonds is 9. The highest BCUT2D eigenvalue weighted by Gasteiger charge is 2.26. The van der Waals surface area contributed by atoms with Crippen molar-refractivity contribution >= 4 is 16.2 Å². The zero-order chi connectivity index (χ0) is 15.9. The number of hydrogen-bond donors (Lipinski definition) is 2. The number of nitrogens with one attached hydrogen (secondary N) is 1. The molecular formula is C14H22N2O4S. The summed E-state index contributed by atoms with van der Waals surface area (Å²) >= 11 is 0. The Morgan fingerprint density at radius 3 is 2.48 bits per heavy atom. The Bertz CT molecular complexity index is 545. The van der Waals surface area contributed by atoms with Crippen molar-refractivity contribution in [3.05, 3.63) is 35.9 Å². The van der Waals surface area contributed by atoms with E-state index in [1.54, 1.807) is 24.3 Å². The summed E-state index contributed by atoms with van der Waals surface area (Å²) in [6.45, 7) is 2.33. The Morgan fingerprint density at radius 1 is 1.33 bits per heavy atom. The van der Waals surface area contributed by atoms with Crippen molar-refractivity contribution in [2.45, 2.75) is 32.2 Å². The summed E-state index contributed by atoms with van der Waals surface area (Å²) in [5.41, 5.74) is 0.767. The smallest absolute Gasteiger partial charge is 0.322 e. The first-order valence-corrected chi connectivity index (χ1v) is 8.31. The van der Waals surface area contributed by atoms with Crippen LogP contribution < -0.4 is 4.72 Å². The van der Waals surface area contributed by atoms with Crippen LogP contribution in [0.2, 0.25) is 0 Å². The van der Waals surface area contributed by atoms with E-state index in [0.717, 1.165) is 22.7 Å². The predicted molar refractivity (Wildman–Crippen MR) is 81.2 cm³/mol. The molecule has 0 saturated heterocycles. The van der Waals surface area contributed by atoms with E-state index in [9.17, 15) is 18.3 Å². The molecule has 0 aromatic heterocycles. The molecule has 0 aliphatic heterocycles. The highest BCUT2D eigenvalue weighted by Crippen LogP contribution is 2.06. The van der Waals surface area contributed by atoms with Gasteiger partial charge in [0.1, 0.15) is 6.04 Å². The van der Waals surface area contributed by atoms with Crippen LogP contribution in [0.4, 0.5) is 0 Å². The second-order valence-electron chi connectivity index (χ2n) is 4.88. The summed E-state index contributed by atoms with van der Waals surface area (Å²) in [5.74, 6) is -1.19. The maximum atomic E-state index is 12.1. The third-order valence-electron chi connectivity index (χ3n) is 3.11. The fourth-order valence-electron chi connectivity index (χ4n) is 1.80. The first-order valence-electron chi connectivity index (χ1n) is 6.87. The van der Waals surface area contributed by atoms with E-state index in [4.69, 9.17) is 0 Å². The van der Waals surface area contributed by atoms with Crippen LogP contribution in [0.25, 0.3) is 0 Å². The predicted octanol–water partition coefficient (Wildman–Crippen LogP) is 1.25. The second kappa shape index (κ2) is 8.11. The average molecular weight is 314 g/mol. The minimum Gasteiger partial charge on any atom is -0.480 e. The van der Waals surface area contributed by atoms with Crippen molar-refractivity contribution in [2.75, 3.05) is 13.6 Å². The quantitative estimate of drug-likeness (QED) is 0.718. The lowest BCUT2D eigenvalue weighted by molar-refractivity contribution is -0.138. The van der Waals surface area contributed by atoms with Crippen LogP contribution in [0.3, 0.4) is 0 Å². The topological polar surface area (TPSA) is 86.7 Å². The van der Waals surface area contributed by atoms with Gasteiger partial charge in [0.15, 0.2) is 0 Å². The van der Waals surface area contributed by atoms with Crippen molar-refractivity contribution < 1.29 is 18.3 Å². The minimum atomic E-state index is -3.79. The number of nitrogens with zero attached hydrogens (tertiary/aromatic N) is 1. The van der Waals surface area contributed by atoms with Gasteiger partial charge in [-0.25, -0.2) is 0 Å². The van der Waals surface area contributed by atoms with Gasteiger partial charge in [0.05, 0.1) is 0 Å². The summed E-state index contributed by atoms with van der Waals surface area (Å²) in [6.07, 6.45) is 1.71. The molecule has 0 fully saturated rings. The van der Waals surface area contributed by atoms with E-state index in [1.807, 2.05) is 13.0 Å². The zero-order valence-electron chi connectivity index (χ0n) is 12.3. The van der Waals surface area contributed by atoms with Crippen molar-refractivity contribution in [2.24, 2.45) is 0 Å². The van der Waals surface area contributed by atoms with Gasteiger partial charge in [-0.05, 0) is 18.4 Å². The van der Waals surface area contributed by atoms with E-state index in [1.165, 1.54) is 7.05 Å². The number of carbonyl (C=O) groups is 1. The molecule has 6 nitrogen and oxygen atoms in total. The Labute approximate surface area is 126 Å². The SMILES string of the molecule is CCCCN(C)S(=O)(=O)NC(Cc1ccccc1)C(=O)O. The van der Waals surface area contributed by atoms with Gasteiger partial charge in [-0.3, -0.25) is 4.79 Å². The monoisotopic (exact) mass is 314 g/mol. The Hall–Kier alpha value is -1.44. The number of aliphatic carboxylic acids is 1.